The molecule has 1 heterocycles. The van der Waals surface area contributed by atoms with E-state index in [4.69, 9.17) is 14.2 Å². The van der Waals surface area contributed by atoms with E-state index >= 15 is 0 Å². The Morgan fingerprint density at radius 1 is 1.00 bits per heavy atom. The summed E-state index contributed by atoms with van der Waals surface area (Å²) in [5, 5.41) is 5.25. The van der Waals surface area contributed by atoms with E-state index in [2.05, 4.69) is 23.5 Å². The molecule has 7 heteroatoms. The number of hydrogen-bond donors (Lipinski definition) is 1. The fraction of sp³-hybridized carbons (Fsp3) is 0.310. The Balaban J connectivity index is 1.57. The lowest BCUT2D eigenvalue weighted by atomic mass is 9.89. The standard InChI is InChI=1S/C29H31NO5S/c1-4-34-24-14-10-19(16-25(24)33-3)11-15-26(31)30-28-27(29(32)35-5-2)23(18-36-28)22-13-12-20-8-6-7-9-21(20)17-22/h10-18H,4-9H2,1-3H3,(H,30,31)/b15-11+. The number of methoxy groups -OCH3 is 1. The average Bonchev–Trinajstić information content (AvgIpc) is 3.31. The molecule has 0 spiro atoms. The highest BCUT2D eigenvalue weighted by atomic mass is 32.1. The van der Waals surface area contributed by atoms with Gasteiger partial charge in [0.15, 0.2) is 11.5 Å². The van der Waals surface area contributed by atoms with Crippen molar-refractivity contribution in [1.29, 1.82) is 0 Å². The van der Waals surface area contributed by atoms with Gasteiger partial charge in [0.05, 0.1) is 20.3 Å². The number of thiophene rings is 1. The Morgan fingerprint density at radius 2 is 1.81 bits per heavy atom. The smallest absolute Gasteiger partial charge is 0.341 e. The molecule has 1 aliphatic rings. The minimum Gasteiger partial charge on any atom is -0.493 e. The van der Waals surface area contributed by atoms with Gasteiger partial charge >= 0.3 is 5.97 Å². The Bertz CT molecular complexity index is 1280. The van der Waals surface area contributed by atoms with Crippen LogP contribution in [-0.2, 0) is 22.4 Å². The number of amides is 1. The van der Waals surface area contributed by atoms with Crippen molar-refractivity contribution in [3.05, 3.63) is 70.1 Å². The van der Waals surface area contributed by atoms with E-state index in [1.165, 1.54) is 41.4 Å². The van der Waals surface area contributed by atoms with Crippen LogP contribution in [0.2, 0.25) is 0 Å². The molecule has 0 atom stereocenters. The summed E-state index contributed by atoms with van der Waals surface area (Å²) in [6.07, 6.45) is 7.66. The molecule has 188 valence electrons. The maximum absolute atomic E-state index is 12.9. The van der Waals surface area contributed by atoms with Gasteiger partial charge in [-0.25, -0.2) is 4.79 Å². The number of nitrogens with one attached hydrogen (secondary N) is 1. The van der Waals surface area contributed by atoms with E-state index in [9.17, 15) is 9.59 Å². The summed E-state index contributed by atoms with van der Waals surface area (Å²) in [7, 11) is 1.58. The number of fused-ring (bicyclic) bond motifs is 1. The second kappa shape index (κ2) is 11.9. The Morgan fingerprint density at radius 3 is 2.56 bits per heavy atom. The third-order valence-electron chi connectivity index (χ3n) is 6.08. The van der Waals surface area contributed by atoms with Crippen molar-refractivity contribution >= 4 is 34.3 Å². The minimum atomic E-state index is -0.443. The number of esters is 1. The van der Waals surface area contributed by atoms with Crippen molar-refractivity contribution in [2.24, 2.45) is 0 Å². The van der Waals surface area contributed by atoms with Gasteiger partial charge in [0.1, 0.15) is 10.6 Å². The van der Waals surface area contributed by atoms with E-state index in [1.54, 1.807) is 26.2 Å². The molecule has 0 radical (unpaired) electrons. The summed E-state index contributed by atoms with van der Waals surface area (Å²) >= 11 is 1.32. The number of anilines is 1. The second-order valence-electron chi connectivity index (χ2n) is 8.43. The molecule has 3 aromatic rings. The topological polar surface area (TPSA) is 73.9 Å². The number of ether oxygens (including phenoxy) is 3. The Kier molecular flexibility index (Phi) is 8.44. The summed E-state index contributed by atoms with van der Waals surface area (Å²) in [4.78, 5) is 25.7. The first kappa shape index (κ1) is 25.5. The third kappa shape index (κ3) is 5.79. The fourth-order valence-corrected chi connectivity index (χ4v) is 5.32. The average molecular weight is 506 g/mol. The van der Waals surface area contributed by atoms with E-state index < -0.39 is 5.97 Å². The monoisotopic (exact) mass is 505 g/mol. The van der Waals surface area contributed by atoms with Gasteiger partial charge in [0, 0.05) is 17.0 Å². The molecule has 1 aromatic heterocycles. The fourth-order valence-electron chi connectivity index (χ4n) is 4.36. The molecule has 0 unspecified atom stereocenters. The second-order valence-corrected chi connectivity index (χ2v) is 9.31. The van der Waals surface area contributed by atoms with Crippen LogP contribution in [0.15, 0.2) is 47.9 Å². The van der Waals surface area contributed by atoms with E-state index in [0.717, 1.165) is 29.5 Å². The molecule has 0 aliphatic heterocycles. The van der Waals surface area contributed by atoms with Crippen molar-refractivity contribution in [3.63, 3.8) is 0 Å². The highest BCUT2D eigenvalue weighted by Gasteiger charge is 2.23. The number of aryl methyl sites for hydroxylation is 2. The summed E-state index contributed by atoms with van der Waals surface area (Å²) < 4.78 is 16.3. The Hall–Kier alpha value is -3.58. The normalized spacial score (nSPS) is 12.8. The number of carbonyl (C=O) groups is 2. The van der Waals surface area contributed by atoms with Crippen LogP contribution in [0.4, 0.5) is 5.00 Å². The summed E-state index contributed by atoms with van der Waals surface area (Å²) in [5.41, 5.74) is 5.63. The quantitative estimate of drug-likeness (QED) is 0.264. The zero-order valence-corrected chi connectivity index (χ0v) is 21.7. The molecule has 4 rings (SSSR count). The predicted molar refractivity (Wildman–Crippen MR) is 144 cm³/mol. The first-order chi connectivity index (χ1) is 17.5. The summed E-state index contributed by atoms with van der Waals surface area (Å²) in [6.45, 7) is 4.47. The van der Waals surface area contributed by atoms with Gasteiger partial charge in [-0.2, -0.15) is 0 Å². The molecular weight excluding hydrogens is 474 g/mol. The maximum atomic E-state index is 12.9. The van der Waals surface area contributed by atoms with Gasteiger partial charge < -0.3 is 19.5 Å². The lowest BCUT2D eigenvalue weighted by Crippen LogP contribution is -2.12. The van der Waals surface area contributed by atoms with E-state index in [0.29, 0.717) is 28.7 Å². The maximum Gasteiger partial charge on any atom is 0.341 e. The first-order valence-corrected chi connectivity index (χ1v) is 13.1. The van der Waals surface area contributed by atoms with Gasteiger partial charge in [-0.3, -0.25) is 4.79 Å². The van der Waals surface area contributed by atoms with Crippen molar-refractivity contribution in [2.45, 2.75) is 39.5 Å². The summed E-state index contributed by atoms with van der Waals surface area (Å²) in [6, 6.07) is 11.8. The number of rotatable bonds is 9. The van der Waals surface area contributed by atoms with E-state index in [1.807, 2.05) is 24.4 Å². The highest BCUT2D eigenvalue weighted by molar-refractivity contribution is 7.15. The van der Waals surface area contributed by atoms with Gasteiger partial charge in [0.2, 0.25) is 5.91 Å². The van der Waals surface area contributed by atoms with Crippen molar-refractivity contribution < 1.29 is 23.8 Å². The summed E-state index contributed by atoms with van der Waals surface area (Å²) in [5.74, 6) is 0.458. The minimum absolute atomic E-state index is 0.255. The van der Waals surface area contributed by atoms with Gasteiger partial charge in [-0.15, -0.1) is 11.3 Å². The molecule has 0 saturated carbocycles. The zero-order chi connectivity index (χ0) is 25.5. The van der Waals surface area contributed by atoms with Crippen LogP contribution in [0.5, 0.6) is 11.5 Å². The lowest BCUT2D eigenvalue weighted by Gasteiger charge is -2.17. The van der Waals surface area contributed by atoms with Crippen molar-refractivity contribution in [2.75, 3.05) is 25.6 Å². The molecule has 0 bridgehead atoms. The van der Waals surface area contributed by atoms with Crippen molar-refractivity contribution in [3.8, 4) is 22.6 Å². The molecule has 6 nitrogen and oxygen atoms in total. The SMILES string of the molecule is CCOC(=O)c1c(-c2ccc3c(c2)CCCC3)csc1NC(=O)/C=C/c1ccc(OCC)c(OC)c1. The number of carbonyl (C=O) groups excluding carboxylic acids is 2. The van der Waals surface area contributed by atoms with Gasteiger partial charge in [-0.05, 0) is 80.0 Å². The molecule has 1 N–H and O–H groups in total. The molecule has 0 saturated heterocycles. The van der Waals surface area contributed by atoms with Crippen molar-refractivity contribution in [1.82, 2.24) is 0 Å². The van der Waals surface area contributed by atoms with Crippen LogP contribution < -0.4 is 14.8 Å². The molecular formula is C29H31NO5S. The third-order valence-corrected chi connectivity index (χ3v) is 6.98. The van der Waals surface area contributed by atoms with Gasteiger partial charge in [0.25, 0.3) is 0 Å². The predicted octanol–water partition coefficient (Wildman–Crippen LogP) is 6.53. The molecule has 2 aromatic carbocycles. The van der Waals surface area contributed by atoms with Crippen LogP contribution >= 0.6 is 11.3 Å². The molecule has 36 heavy (non-hydrogen) atoms. The van der Waals surface area contributed by atoms with Gasteiger partial charge in [-0.1, -0.05) is 24.3 Å². The molecule has 0 fully saturated rings. The zero-order valence-electron chi connectivity index (χ0n) is 20.9. The number of hydrogen-bond acceptors (Lipinski definition) is 6. The highest BCUT2D eigenvalue weighted by Crippen LogP contribution is 2.38. The molecule has 1 amide bonds. The number of benzene rings is 2. The van der Waals surface area contributed by atoms with Crippen LogP contribution in [0.3, 0.4) is 0 Å². The van der Waals surface area contributed by atoms with Crippen LogP contribution in [-0.4, -0.2) is 32.2 Å². The van der Waals surface area contributed by atoms with Crippen LogP contribution in [0.25, 0.3) is 17.2 Å². The lowest BCUT2D eigenvalue weighted by molar-refractivity contribution is -0.111. The Labute approximate surface area is 215 Å². The first-order valence-electron chi connectivity index (χ1n) is 12.2. The van der Waals surface area contributed by atoms with Crippen LogP contribution in [0.1, 0.15) is 53.7 Å². The van der Waals surface area contributed by atoms with E-state index in [-0.39, 0.29) is 12.5 Å². The molecule has 1 aliphatic carbocycles. The van der Waals surface area contributed by atoms with Crippen LogP contribution in [0, 0.1) is 0 Å². The largest absolute Gasteiger partial charge is 0.493 e.